The molecule has 111 heavy (non-hydrogen) atoms. The smallest absolute Gasteiger partial charge is 0.251 e. The van der Waals surface area contributed by atoms with E-state index in [9.17, 15) is 38.4 Å². The highest BCUT2D eigenvalue weighted by Crippen LogP contribution is 2.47. The molecule has 29 heteroatoms. The molecule has 582 valence electrons. The van der Waals surface area contributed by atoms with E-state index in [-0.39, 0.29) is 113 Å². The molecule has 27 nitrogen and oxygen atoms in total. The molecule has 12 rings (SSSR count). The Hall–Kier alpha value is -11.6. The van der Waals surface area contributed by atoms with E-state index in [2.05, 4.69) is 101 Å². The molecule has 0 bridgehead atoms. The predicted molar refractivity (Wildman–Crippen MR) is 433 cm³/mol. The van der Waals surface area contributed by atoms with Gasteiger partial charge in [0.25, 0.3) is 17.7 Å². The van der Waals surface area contributed by atoms with Crippen molar-refractivity contribution >= 4 is 117 Å². The molecular weight excluding hydrogens is 1450 g/mol. The van der Waals surface area contributed by atoms with Crippen molar-refractivity contribution in [1.82, 2.24) is 45.9 Å². The normalized spacial score (nSPS) is 21.1. The summed E-state index contributed by atoms with van der Waals surface area (Å²) in [6.45, 7) is 31.9. The average molecular weight is 1550 g/mol. The first-order valence-corrected chi connectivity index (χ1v) is 37.8. The molecule has 8 heterocycles. The molecule has 4 aromatic carbocycles. The van der Waals surface area contributed by atoms with Crippen LogP contribution in [0.3, 0.4) is 0 Å². The number of primary amides is 1. The second kappa shape index (κ2) is 36.7. The van der Waals surface area contributed by atoms with E-state index in [1.165, 1.54) is 37.9 Å². The number of carbonyl (C=O) groups is 8. The number of rotatable bonds is 15. The average Bonchev–Trinajstić information content (AvgIpc) is 0.775. The zero-order valence-corrected chi connectivity index (χ0v) is 66.8. The molecule has 0 saturated heterocycles. The highest BCUT2D eigenvalue weighted by atomic mass is 35.5. The molecule has 4 aromatic heterocycles. The quantitative estimate of drug-likeness (QED) is 0.0472. The SMILES string of the molecule is CC(=O)N1c2ccc(C(N)=O)cc2C(Nc2ncc(Cl)cn2)C(C)C1C.CCNC(=O)c1ccc2c(c1)C(Nc1ccc(C#N)cn1)C(C)C(C)N2C(C)=O.CCNC(=O)c1ccc2c(c1)C(Nc1ccc(C)cn1)C(C)C(C)N2C(C)=O.CCNC(=O)c1ccc2c(c1)C(Nc1ncc(Cl)cn1)C(C)C(C)N2C(C)=O. The van der Waals surface area contributed by atoms with E-state index >= 15 is 0 Å². The largest absolute Gasteiger partial charge is 0.366 e. The van der Waals surface area contributed by atoms with Crippen molar-refractivity contribution in [1.29, 1.82) is 5.26 Å². The Labute approximate surface area is 657 Å². The Kier molecular flexibility index (Phi) is 27.6. The van der Waals surface area contributed by atoms with Gasteiger partial charge in [0, 0.05) is 153 Å². The summed E-state index contributed by atoms with van der Waals surface area (Å²) < 4.78 is 0. The van der Waals surface area contributed by atoms with Gasteiger partial charge >= 0.3 is 0 Å². The Morgan fingerprint density at radius 3 is 0.955 bits per heavy atom. The third kappa shape index (κ3) is 19.0. The van der Waals surface area contributed by atoms with Crippen molar-refractivity contribution in [3.05, 3.63) is 200 Å². The highest BCUT2D eigenvalue weighted by molar-refractivity contribution is 6.30. The van der Waals surface area contributed by atoms with Crippen LogP contribution in [-0.4, -0.2) is 121 Å². The number of anilines is 8. The lowest BCUT2D eigenvalue weighted by Gasteiger charge is -2.44. The number of carbonyl (C=O) groups excluding carboxylic acids is 8. The lowest BCUT2D eigenvalue weighted by atomic mass is 9.82. The minimum Gasteiger partial charge on any atom is -0.366 e. The van der Waals surface area contributed by atoms with E-state index < -0.39 is 5.91 Å². The Morgan fingerprint density at radius 2 is 0.694 bits per heavy atom. The third-order valence-corrected chi connectivity index (χ3v) is 21.3. The number of nitrogens with zero attached hydrogens (tertiary/aromatic N) is 11. The fourth-order valence-electron chi connectivity index (χ4n) is 14.7. The van der Waals surface area contributed by atoms with Gasteiger partial charge in [0.15, 0.2) is 0 Å². The van der Waals surface area contributed by atoms with Crippen molar-refractivity contribution in [2.75, 3.05) is 60.5 Å². The molecule has 12 atom stereocenters. The van der Waals surface area contributed by atoms with E-state index in [0.29, 0.717) is 75.2 Å². The fraction of sp³-hybridized carbons (Fsp3) is 0.378. The standard InChI is InChI=1S/C22H25N5O2.C22H28N4O2.C20H24ClN5O2.C18H20ClN5O2/c1-5-24-22(29)17-7-8-19-18(10-17)21(13(2)14(3)27(19)15(4)28)26-20-9-6-16(11-23)12-25-20;1-6-23-22(28)17-8-9-19-18(11-17)21(14(3)15(4)26(19)16(5)27)25-20-10-7-13(2)12-24-20;1-5-22-19(28)14-6-7-17-16(8-14)18(11(2)12(3)26(17)13(4)27)25-20-23-9-15(21)10-24-20;1-9-10(2)24(11(3)25)15-5-4-12(17(20)26)6-14(15)16(9)23-18-21-7-13(19)8-22-18/h6-10,12-14,21H,5H2,1-4H3,(H,24,29)(H,25,26);7-12,14-15,21H,6H2,1-5H3,(H,23,28)(H,24,25);6-12,18H,5H2,1-4H3,(H,22,28)(H,23,24,25);4-10,16H,1-3H3,(H2,20,26)(H,21,22,23). The number of halogens is 2. The van der Waals surface area contributed by atoms with Gasteiger partial charge in [-0.15, -0.1) is 0 Å². The molecule has 0 fully saturated rings. The van der Waals surface area contributed by atoms with Crippen molar-refractivity contribution < 1.29 is 38.4 Å². The van der Waals surface area contributed by atoms with Gasteiger partial charge in [0.2, 0.25) is 41.4 Å². The van der Waals surface area contributed by atoms with Crippen molar-refractivity contribution in [2.45, 2.75) is 159 Å². The van der Waals surface area contributed by atoms with Crippen LogP contribution in [0.2, 0.25) is 10.0 Å². The molecule has 0 aliphatic carbocycles. The number of nitriles is 1. The number of nitrogens with one attached hydrogen (secondary N) is 7. The van der Waals surface area contributed by atoms with Crippen LogP contribution in [0.4, 0.5) is 46.3 Å². The highest BCUT2D eigenvalue weighted by Gasteiger charge is 2.43. The van der Waals surface area contributed by atoms with E-state index in [1.54, 1.807) is 84.0 Å². The molecule has 12 unspecified atom stereocenters. The van der Waals surface area contributed by atoms with Gasteiger partial charge in [-0.25, -0.2) is 29.9 Å². The number of amides is 8. The Balaban J connectivity index is 0.000000170. The van der Waals surface area contributed by atoms with Crippen LogP contribution in [-0.2, 0) is 19.2 Å². The summed E-state index contributed by atoms with van der Waals surface area (Å²) in [6, 6.07) is 30.3. The maximum atomic E-state index is 12.4. The predicted octanol–water partition coefficient (Wildman–Crippen LogP) is 13.1. The van der Waals surface area contributed by atoms with Gasteiger partial charge in [-0.05, 0) is 174 Å². The summed E-state index contributed by atoms with van der Waals surface area (Å²) in [5.41, 5.74) is 15.8. The first kappa shape index (κ1) is 83.4. The number of fused-ring (bicyclic) bond motifs is 4. The lowest BCUT2D eigenvalue weighted by Crippen LogP contribution is -2.48. The number of aromatic nitrogens is 6. The Bertz CT molecular complexity index is 4630. The topological polar surface area (TPSA) is 361 Å². The van der Waals surface area contributed by atoms with Crippen LogP contribution in [0.15, 0.2) is 134 Å². The van der Waals surface area contributed by atoms with Crippen molar-refractivity contribution in [3.63, 3.8) is 0 Å². The molecule has 0 radical (unpaired) electrons. The maximum absolute atomic E-state index is 12.4. The number of benzene rings is 4. The summed E-state index contributed by atoms with van der Waals surface area (Å²) >= 11 is 11.7. The van der Waals surface area contributed by atoms with Gasteiger partial charge in [-0.1, -0.05) is 57.0 Å². The molecule has 0 saturated carbocycles. The number of pyridine rings is 2. The first-order chi connectivity index (χ1) is 52.8. The minimum atomic E-state index is -0.519. The summed E-state index contributed by atoms with van der Waals surface area (Å²) in [4.78, 5) is 131. The van der Waals surface area contributed by atoms with Crippen LogP contribution < -0.4 is 62.6 Å². The van der Waals surface area contributed by atoms with Crippen LogP contribution >= 0.6 is 23.2 Å². The number of aryl methyl sites for hydroxylation is 1. The number of nitrogens with two attached hydrogens (primary N) is 1. The summed E-state index contributed by atoms with van der Waals surface area (Å²) in [7, 11) is 0. The summed E-state index contributed by atoms with van der Waals surface area (Å²) in [6.07, 6.45) is 9.43. The number of hydrogen-bond donors (Lipinski definition) is 8. The zero-order chi connectivity index (χ0) is 81.0. The molecular formula is C82H97Cl2N19O8. The second-order valence-corrected chi connectivity index (χ2v) is 29.1. The zero-order valence-electron chi connectivity index (χ0n) is 65.3. The molecule has 4 aliphatic rings. The molecule has 8 amide bonds. The fourth-order valence-corrected chi connectivity index (χ4v) is 14.8. The Morgan fingerprint density at radius 1 is 0.405 bits per heavy atom. The van der Waals surface area contributed by atoms with E-state index in [4.69, 9.17) is 34.2 Å². The molecule has 9 N–H and O–H groups in total. The first-order valence-electron chi connectivity index (χ1n) is 37.0. The molecule has 8 aromatic rings. The van der Waals surface area contributed by atoms with Gasteiger partial charge in [0.1, 0.15) is 17.7 Å². The molecule has 0 spiro atoms. The van der Waals surface area contributed by atoms with Crippen LogP contribution in [0.5, 0.6) is 0 Å². The van der Waals surface area contributed by atoms with Gasteiger partial charge < -0.3 is 62.6 Å². The van der Waals surface area contributed by atoms with Gasteiger partial charge in [-0.3, -0.25) is 38.4 Å². The molecule has 4 aliphatic heterocycles. The van der Waals surface area contributed by atoms with Gasteiger partial charge in [0.05, 0.1) is 64.6 Å². The van der Waals surface area contributed by atoms with Crippen LogP contribution in [0, 0.1) is 41.9 Å². The van der Waals surface area contributed by atoms with Crippen LogP contribution in [0.25, 0.3) is 0 Å². The maximum Gasteiger partial charge on any atom is 0.251 e. The minimum absolute atomic E-state index is 0.00160. The second-order valence-electron chi connectivity index (χ2n) is 28.2. The monoisotopic (exact) mass is 1550 g/mol. The third-order valence-electron chi connectivity index (χ3n) is 20.9. The van der Waals surface area contributed by atoms with Crippen molar-refractivity contribution in [3.8, 4) is 6.07 Å². The summed E-state index contributed by atoms with van der Waals surface area (Å²) in [5.74, 6) is 1.51. The van der Waals surface area contributed by atoms with Crippen LogP contribution in [0.1, 0.15) is 203 Å². The number of hydrogen-bond acceptors (Lipinski definition) is 19. The summed E-state index contributed by atoms with van der Waals surface area (Å²) in [5, 5.41) is 32.0. The van der Waals surface area contributed by atoms with Crippen molar-refractivity contribution in [2.24, 2.45) is 29.4 Å². The van der Waals surface area contributed by atoms with E-state index in [1.807, 2.05) is 115 Å². The lowest BCUT2D eigenvalue weighted by molar-refractivity contribution is -0.118. The van der Waals surface area contributed by atoms with Gasteiger partial charge in [-0.2, -0.15) is 5.26 Å². The van der Waals surface area contributed by atoms with E-state index in [0.717, 1.165) is 56.4 Å².